The van der Waals surface area contributed by atoms with Crippen LogP contribution in [-0.2, 0) is 0 Å². The van der Waals surface area contributed by atoms with E-state index in [-0.39, 0.29) is 12.1 Å². The molecule has 0 N–H and O–H groups in total. The highest BCUT2D eigenvalue weighted by Crippen LogP contribution is 2.16. The van der Waals surface area contributed by atoms with Gasteiger partial charge in [0.05, 0.1) is 0 Å². The van der Waals surface area contributed by atoms with Crippen molar-refractivity contribution in [2.24, 2.45) is 5.11 Å². The lowest BCUT2D eigenvalue weighted by Crippen LogP contribution is -1.92. The van der Waals surface area contributed by atoms with Crippen LogP contribution in [0.1, 0.15) is 12.0 Å². The van der Waals surface area contributed by atoms with E-state index >= 15 is 0 Å². The van der Waals surface area contributed by atoms with Crippen LogP contribution in [0.15, 0.2) is 23.3 Å². The fraction of sp³-hybridized carbons (Fsp3) is 0.200. The molecule has 0 unspecified atom stereocenters. The molecule has 1 aromatic carbocycles. The summed E-state index contributed by atoms with van der Waals surface area (Å²) in [5, 5.41) is 3.26. The monoisotopic (exact) mass is 227 g/mol. The predicted octanol–water partition coefficient (Wildman–Crippen LogP) is 3.82. The Balaban J connectivity index is 2.74. The van der Waals surface area contributed by atoms with Gasteiger partial charge in [0.15, 0.2) is 17.5 Å². The van der Waals surface area contributed by atoms with Gasteiger partial charge in [-0.3, -0.25) is 0 Å². The minimum absolute atomic E-state index is 0.0418. The normalized spacial score (nSPS) is 10.4. The van der Waals surface area contributed by atoms with Crippen molar-refractivity contribution in [3.8, 4) is 0 Å². The maximum absolute atomic E-state index is 13.1. The van der Waals surface area contributed by atoms with E-state index in [0.717, 1.165) is 12.1 Å². The van der Waals surface area contributed by atoms with Gasteiger partial charge in [0.2, 0.25) is 0 Å². The van der Waals surface area contributed by atoms with Crippen LogP contribution >= 0.6 is 0 Å². The third-order valence-electron chi connectivity index (χ3n) is 1.82. The Morgan fingerprint density at radius 3 is 2.69 bits per heavy atom. The zero-order valence-corrected chi connectivity index (χ0v) is 8.20. The van der Waals surface area contributed by atoms with Crippen molar-refractivity contribution in [3.05, 3.63) is 51.7 Å². The molecule has 16 heavy (non-hydrogen) atoms. The molecule has 0 amide bonds. The molecule has 6 heteroatoms. The highest BCUT2D eigenvalue weighted by Gasteiger charge is 2.10. The summed E-state index contributed by atoms with van der Waals surface area (Å²) in [6.07, 6.45) is 3.23. The Bertz CT molecular complexity index is 451. The lowest BCUT2D eigenvalue weighted by molar-refractivity contribution is 0.446. The predicted molar refractivity (Wildman–Crippen MR) is 54.0 cm³/mol. The molecule has 0 heterocycles. The Hall–Kier alpha value is -1.94. The smallest absolute Gasteiger partial charge is 0.195 e. The summed E-state index contributed by atoms with van der Waals surface area (Å²) in [7, 11) is 0. The zero-order valence-electron chi connectivity index (χ0n) is 8.20. The van der Waals surface area contributed by atoms with Gasteiger partial charge in [0.1, 0.15) is 0 Å². The summed E-state index contributed by atoms with van der Waals surface area (Å²) in [6, 6.07) is 1.99. The maximum Gasteiger partial charge on any atom is 0.195 e. The Morgan fingerprint density at radius 1 is 1.25 bits per heavy atom. The van der Waals surface area contributed by atoms with E-state index in [1.807, 2.05) is 0 Å². The van der Waals surface area contributed by atoms with Crippen LogP contribution in [0, 0.1) is 17.5 Å². The zero-order chi connectivity index (χ0) is 12.0. The van der Waals surface area contributed by atoms with Crippen molar-refractivity contribution < 1.29 is 13.2 Å². The molecule has 0 bridgehead atoms. The quantitative estimate of drug-likeness (QED) is 0.247. The number of nitrogens with zero attached hydrogens (tertiary/aromatic N) is 3. The Kier molecular flexibility index (Phi) is 4.42. The van der Waals surface area contributed by atoms with Crippen molar-refractivity contribution in [1.29, 1.82) is 0 Å². The van der Waals surface area contributed by atoms with E-state index in [9.17, 15) is 13.2 Å². The van der Waals surface area contributed by atoms with Crippen molar-refractivity contribution >= 4 is 6.08 Å². The molecule has 0 saturated carbocycles. The second-order valence-electron chi connectivity index (χ2n) is 2.91. The van der Waals surface area contributed by atoms with Crippen LogP contribution < -0.4 is 0 Å². The first-order valence-corrected chi connectivity index (χ1v) is 4.47. The molecule has 0 aromatic heterocycles. The van der Waals surface area contributed by atoms with Gasteiger partial charge >= 0.3 is 0 Å². The number of hydrogen-bond donors (Lipinski definition) is 0. The summed E-state index contributed by atoms with van der Waals surface area (Å²) in [6.45, 7) is 0.234. The molecule has 1 rings (SSSR count). The lowest BCUT2D eigenvalue weighted by atomic mass is 10.1. The number of azide groups is 1. The summed E-state index contributed by atoms with van der Waals surface area (Å²) >= 11 is 0. The first-order valence-electron chi connectivity index (χ1n) is 4.47. The van der Waals surface area contributed by atoms with Gasteiger partial charge < -0.3 is 0 Å². The Morgan fingerprint density at radius 2 is 2.00 bits per heavy atom. The lowest BCUT2D eigenvalue weighted by Gasteiger charge is -1.98. The van der Waals surface area contributed by atoms with Gasteiger partial charge in [-0.15, -0.1) is 0 Å². The van der Waals surface area contributed by atoms with Crippen LogP contribution in [0.2, 0.25) is 0 Å². The average Bonchev–Trinajstić information content (AvgIpc) is 2.28. The first-order chi connectivity index (χ1) is 7.66. The number of hydrogen-bond acceptors (Lipinski definition) is 1. The number of halogens is 3. The molecule has 0 spiro atoms. The topological polar surface area (TPSA) is 48.8 Å². The third kappa shape index (κ3) is 3.03. The van der Waals surface area contributed by atoms with E-state index < -0.39 is 17.5 Å². The molecule has 1 aromatic rings. The maximum atomic E-state index is 13.1. The van der Waals surface area contributed by atoms with Crippen LogP contribution in [0.5, 0.6) is 0 Å². The van der Waals surface area contributed by atoms with Crippen molar-refractivity contribution in [3.63, 3.8) is 0 Å². The summed E-state index contributed by atoms with van der Waals surface area (Å²) in [5.41, 5.74) is 7.93. The molecule has 0 aliphatic rings. The SMILES string of the molecule is [N-]=[N+]=NCCC=Cc1ccc(F)c(F)c1F. The van der Waals surface area contributed by atoms with Gasteiger partial charge in [-0.25, -0.2) is 13.2 Å². The molecule has 0 aliphatic heterocycles. The van der Waals surface area contributed by atoms with Crippen molar-refractivity contribution in [1.82, 2.24) is 0 Å². The van der Waals surface area contributed by atoms with Crippen LogP contribution in [0.4, 0.5) is 13.2 Å². The van der Waals surface area contributed by atoms with Crippen LogP contribution in [-0.4, -0.2) is 6.54 Å². The fourth-order valence-corrected chi connectivity index (χ4v) is 1.06. The average molecular weight is 227 g/mol. The second kappa shape index (κ2) is 5.82. The van der Waals surface area contributed by atoms with Gasteiger partial charge in [0.25, 0.3) is 0 Å². The van der Waals surface area contributed by atoms with E-state index in [0.29, 0.717) is 6.42 Å². The summed E-state index contributed by atoms with van der Waals surface area (Å²) in [5.74, 6) is -3.93. The van der Waals surface area contributed by atoms with E-state index in [4.69, 9.17) is 5.53 Å². The van der Waals surface area contributed by atoms with Crippen molar-refractivity contribution in [2.45, 2.75) is 6.42 Å². The number of benzene rings is 1. The molecule has 0 radical (unpaired) electrons. The molecule has 0 fully saturated rings. The molecular formula is C10H8F3N3. The van der Waals surface area contributed by atoms with E-state index in [1.54, 1.807) is 0 Å². The molecule has 0 saturated heterocycles. The molecule has 84 valence electrons. The number of rotatable bonds is 4. The summed E-state index contributed by atoms with van der Waals surface area (Å²) < 4.78 is 38.4. The van der Waals surface area contributed by atoms with E-state index in [2.05, 4.69) is 10.0 Å². The molecule has 0 atom stereocenters. The van der Waals surface area contributed by atoms with Crippen LogP contribution in [0.3, 0.4) is 0 Å². The van der Waals surface area contributed by atoms with E-state index in [1.165, 1.54) is 12.2 Å². The Labute approximate surface area is 89.8 Å². The minimum atomic E-state index is -1.49. The fourth-order valence-electron chi connectivity index (χ4n) is 1.06. The van der Waals surface area contributed by atoms with Crippen molar-refractivity contribution in [2.75, 3.05) is 6.54 Å². The van der Waals surface area contributed by atoms with Gasteiger partial charge in [-0.1, -0.05) is 17.3 Å². The molecular weight excluding hydrogens is 219 g/mol. The van der Waals surface area contributed by atoms with Gasteiger partial charge in [-0.05, 0) is 24.1 Å². The first kappa shape index (κ1) is 12.1. The largest absolute Gasteiger partial charge is 0.204 e. The van der Waals surface area contributed by atoms with Gasteiger partial charge in [0, 0.05) is 17.0 Å². The second-order valence-corrected chi connectivity index (χ2v) is 2.91. The van der Waals surface area contributed by atoms with Crippen LogP contribution in [0.25, 0.3) is 16.5 Å². The van der Waals surface area contributed by atoms with Gasteiger partial charge in [-0.2, -0.15) is 0 Å². The highest BCUT2D eigenvalue weighted by molar-refractivity contribution is 5.50. The minimum Gasteiger partial charge on any atom is -0.204 e. The molecule has 0 aliphatic carbocycles. The third-order valence-corrected chi connectivity index (χ3v) is 1.82. The summed E-state index contributed by atoms with van der Waals surface area (Å²) in [4.78, 5) is 2.53. The molecule has 3 nitrogen and oxygen atoms in total. The standard InChI is InChI=1S/C10H8F3N3/c11-8-5-4-7(9(12)10(8)13)3-1-2-6-15-16-14/h1,3-5H,2,6H2. The highest BCUT2D eigenvalue weighted by atomic mass is 19.2.